The number of carbonyl (C=O) groups is 1. The zero-order chi connectivity index (χ0) is 20.1. The van der Waals surface area contributed by atoms with E-state index >= 15 is 0 Å². The fourth-order valence-electron chi connectivity index (χ4n) is 4.19. The Morgan fingerprint density at radius 1 is 0.862 bits per heavy atom. The molecule has 2 aliphatic carbocycles. The molecule has 148 valence electrons. The first-order chi connectivity index (χ1) is 14.3. The van der Waals surface area contributed by atoms with Gasteiger partial charge in [0.05, 0.1) is 6.61 Å². The van der Waals surface area contributed by atoms with Crippen LogP contribution in [0.25, 0.3) is 12.2 Å². The minimum absolute atomic E-state index is 0.0638. The third-order valence-corrected chi connectivity index (χ3v) is 5.65. The molecular formula is C26H26O3. The molecule has 0 aliphatic heterocycles. The Morgan fingerprint density at radius 3 is 2.03 bits per heavy atom. The quantitative estimate of drug-likeness (QED) is 0.383. The monoisotopic (exact) mass is 386 g/mol. The van der Waals surface area contributed by atoms with E-state index in [0.29, 0.717) is 6.61 Å². The molecule has 2 unspecified atom stereocenters. The predicted octanol–water partition coefficient (Wildman–Crippen LogP) is 5.24. The van der Waals surface area contributed by atoms with E-state index in [-0.39, 0.29) is 24.4 Å². The number of fused-ring (bicyclic) bond motifs is 2. The van der Waals surface area contributed by atoms with E-state index in [4.69, 9.17) is 9.84 Å². The number of aliphatic hydroxyl groups excluding tert-OH is 1. The lowest BCUT2D eigenvalue weighted by Crippen LogP contribution is -2.11. The molecule has 29 heavy (non-hydrogen) atoms. The van der Waals surface area contributed by atoms with E-state index < -0.39 is 0 Å². The number of esters is 1. The maximum absolute atomic E-state index is 12.6. The molecule has 0 saturated heterocycles. The number of hydrogen-bond donors (Lipinski definition) is 1. The van der Waals surface area contributed by atoms with Crippen molar-refractivity contribution in [2.24, 2.45) is 0 Å². The maximum Gasteiger partial charge on any atom is 0.330 e. The van der Waals surface area contributed by atoms with Gasteiger partial charge in [0.2, 0.25) is 0 Å². The van der Waals surface area contributed by atoms with Crippen molar-refractivity contribution in [2.45, 2.75) is 31.1 Å². The number of ether oxygens (including phenoxy) is 1. The first-order valence-electron chi connectivity index (χ1n) is 10.3. The second-order valence-corrected chi connectivity index (χ2v) is 7.53. The standard InChI is InChI=1S/C26H26O3/c27-16-6-1-7-17-29-26(28)18-25(23-14-12-19-8-2-4-10-21(19)23)24-15-13-20-9-3-5-11-22(20)24/h2-5,8-15,18,23-24,27H,1,6-7,16-17H2. The molecule has 0 radical (unpaired) electrons. The minimum Gasteiger partial charge on any atom is -0.463 e. The third kappa shape index (κ3) is 4.25. The van der Waals surface area contributed by atoms with Gasteiger partial charge in [0, 0.05) is 24.5 Å². The van der Waals surface area contributed by atoms with Crippen molar-refractivity contribution in [1.82, 2.24) is 0 Å². The first-order valence-corrected chi connectivity index (χ1v) is 10.3. The molecule has 0 heterocycles. The van der Waals surface area contributed by atoms with E-state index in [1.54, 1.807) is 6.08 Å². The molecule has 2 aromatic carbocycles. The molecule has 0 spiro atoms. The van der Waals surface area contributed by atoms with Gasteiger partial charge >= 0.3 is 5.97 Å². The summed E-state index contributed by atoms with van der Waals surface area (Å²) in [6, 6.07) is 16.7. The number of hydrogen-bond acceptors (Lipinski definition) is 3. The van der Waals surface area contributed by atoms with Gasteiger partial charge in [-0.2, -0.15) is 0 Å². The van der Waals surface area contributed by atoms with Crippen molar-refractivity contribution in [3.8, 4) is 0 Å². The average Bonchev–Trinajstić information content (AvgIpc) is 3.36. The second-order valence-electron chi connectivity index (χ2n) is 7.53. The number of aliphatic hydroxyl groups is 1. The van der Waals surface area contributed by atoms with Crippen LogP contribution in [0.3, 0.4) is 0 Å². The Morgan fingerprint density at radius 2 is 1.45 bits per heavy atom. The normalized spacial score (nSPS) is 18.4. The smallest absolute Gasteiger partial charge is 0.330 e. The molecule has 2 aliphatic rings. The fraction of sp³-hybridized carbons (Fsp3) is 0.269. The summed E-state index contributed by atoms with van der Waals surface area (Å²) in [5, 5.41) is 8.87. The van der Waals surface area contributed by atoms with Crippen LogP contribution in [0.15, 0.2) is 72.3 Å². The van der Waals surface area contributed by atoms with E-state index in [1.807, 2.05) is 24.3 Å². The number of rotatable bonds is 8. The molecule has 3 nitrogen and oxygen atoms in total. The van der Waals surface area contributed by atoms with Crippen molar-refractivity contribution >= 4 is 18.1 Å². The molecule has 2 aromatic rings. The average molecular weight is 386 g/mol. The first kappa shape index (κ1) is 19.4. The van der Waals surface area contributed by atoms with Gasteiger partial charge in [0.25, 0.3) is 0 Å². The molecule has 0 bridgehead atoms. The number of allylic oxidation sites excluding steroid dienone is 3. The highest BCUT2D eigenvalue weighted by Gasteiger charge is 2.30. The Labute approximate surface area is 172 Å². The van der Waals surface area contributed by atoms with Crippen LogP contribution in [-0.2, 0) is 9.53 Å². The van der Waals surface area contributed by atoms with Gasteiger partial charge in [-0.05, 0) is 47.1 Å². The van der Waals surface area contributed by atoms with Crippen LogP contribution in [0.2, 0.25) is 0 Å². The molecule has 4 rings (SSSR count). The highest BCUT2D eigenvalue weighted by molar-refractivity contribution is 5.85. The Balaban J connectivity index is 1.60. The van der Waals surface area contributed by atoms with E-state index in [0.717, 1.165) is 24.8 Å². The van der Waals surface area contributed by atoms with Gasteiger partial charge in [0.15, 0.2) is 0 Å². The number of carbonyl (C=O) groups excluding carboxylic acids is 1. The lowest BCUT2D eigenvalue weighted by molar-refractivity contribution is -0.137. The van der Waals surface area contributed by atoms with Crippen LogP contribution in [0, 0.1) is 0 Å². The van der Waals surface area contributed by atoms with Crippen LogP contribution in [-0.4, -0.2) is 24.3 Å². The van der Waals surface area contributed by atoms with Crippen LogP contribution >= 0.6 is 0 Å². The van der Waals surface area contributed by atoms with E-state index in [1.165, 1.54) is 22.3 Å². The summed E-state index contributed by atoms with van der Waals surface area (Å²) >= 11 is 0. The Bertz CT molecular complexity index is 904. The van der Waals surface area contributed by atoms with Crippen molar-refractivity contribution in [1.29, 1.82) is 0 Å². The Kier molecular flexibility index (Phi) is 6.06. The van der Waals surface area contributed by atoms with Crippen LogP contribution in [0.4, 0.5) is 0 Å². The molecule has 0 fully saturated rings. The summed E-state index contributed by atoms with van der Waals surface area (Å²) in [5.74, 6) is -0.164. The van der Waals surface area contributed by atoms with E-state index in [2.05, 4.69) is 48.6 Å². The van der Waals surface area contributed by atoms with Gasteiger partial charge in [-0.15, -0.1) is 0 Å². The third-order valence-electron chi connectivity index (χ3n) is 5.65. The van der Waals surface area contributed by atoms with Gasteiger partial charge in [-0.25, -0.2) is 4.79 Å². The predicted molar refractivity (Wildman–Crippen MR) is 116 cm³/mol. The van der Waals surface area contributed by atoms with Crippen molar-refractivity contribution in [3.63, 3.8) is 0 Å². The highest BCUT2D eigenvalue weighted by atomic mass is 16.5. The second kappa shape index (κ2) is 9.06. The van der Waals surface area contributed by atoms with Gasteiger partial charge in [-0.3, -0.25) is 0 Å². The zero-order valence-corrected chi connectivity index (χ0v) is 16.5. The molecule has 0 amide bonds. The molecule has 0 aromatic heterocycles. The highest BCUT2D eigenvalue weighted by Crippen LogP contribution is 2.45. The summed E-state index contributed by atoms with van der Waals surface area (Å²) in [5.41, 5.74) is 5.92. The van der Waals surface area contributed by atoms with E-state index in [9.17, 15) is 4.79 Å². The topological polar surface area (TPSA) is 46.5 Å². The molecule has 1 N–H and O–H groups in total. The summed E-state index contributed by atoms with van der Waals surface area (Å²) in [4.78, 5) is 12.6. The fourth-order valence-corrected chi connectivity index (χ4v) is 4.19. The molecule has 3 heteroatoms. The Hall–Kier alpha value is -2.91. The molecule has 2 atom stereocenters. The van der Waals surface area contributed by atoms with Crippen molar-refractivity contribution in [3.05, 3.63) is 94.6 Å². The van der Waals surface area contributed by atoms with Gasteiger partial charge in [-0.1, -0.05) is 72.8 Å². The van der Waals surface area contributed by atoms with Crippen molar-refractivity contribution in [2.75, 3.05) is 13.2 Å². The molecule has 0 saturated carbocycles. The van der Waals surface area contributed by atoms with Crippen LogP contribution in [0.1, 0.15) is 53.4 Å². The zero-order valence-electron chi connectivity index (χ0n) is 16.5. The largest absolute Gasteiger partial charge is 0.463 e. The minimum atomic E-state index is -0.292. The maximum atomic E-state index is 12.6. The summed E-state index contributed by atoms with van der Waals surface area (Å²) in [6.45, 7) is 0.565. The molecular weight excluding hydrogens is 360 g/mol. The summed E-state index contributed by atoms with van der Waals surface area (Å²) in [6.07, 6.45) is 12.7. The lowest BCUT2D eigenvalue weighted by Gasteiger charge is -2.22. The number of benzene rings is 2. The lowest BCUT2D eigenvalue weighted by atomic mass is 9.81. The SMILES string of the molecule is O=C(C=C(C1C=Cc2ccccc21)C1C=Cc2ccccc21)OCCCCCO. The van der Waals surface area contributed by atoms with Crippen molar-refractivity contribution < 1.29 is 14.6 Å². The summed E-state index contributed by atoms with van der Waals surface area (Å²) < 4.78 is 5.47. The van der Waals surface area contributed by atoms with Crippen LogP contribution < -0.4 is 0 Å². The number of unbranched alkanes of at least 4 members (excludes halogenated alkanes) is 2. The summed E-state index contributed by atoms with van der Waals surface area (Å²) in [7, 11) is 0. The van der Waals surface area contributed by atoms with Gasteiger partial charge < -0.3 is 9.84 Å². The van der Waals surface area contributed by atoms with Gasteiger partial charge in [0.1, 0.15) is 0 Å². The van der Waals surface area contributed by atoms with Crippen LogP contribution in [0.5, 0.6) is 0 Å².